The molecule has 1 amide bonds. The molecule has 5 nitrogen and oxygen atoms in total. The van der Waals surface area contributed by atoms with Gasteiger partial charge in [0, 0.05) is 26.2 Å². The van der Waals surface area contributed by atoms with Crippen LogP contribution in [0.15, 0.2) is 0 Å². The monoisotopic (exact) mass is 375 g/mol. The molecule has 2 aliphatic heterocycles. The minimum atomic E-state index is -0.331. The molecule has 2 heterocycles. The molecular formula is C19H38ClN3O2. The number of ether oxygens (including phenoxy) is 1. The van der Waals surface area contributed by atoms with E-state index in [1.807, 2.05) is 4.90 Å². The summed E-state index contributed by atoms with van der Waals surface area (Å²) in [4.78, 5) is 17.0. The third kappa shape index (κ3) is 6.70. The molecule has 0 aromatic rings. The van der Waals surface area contributed by atoms with E-state index in [2.05, 4.69) is 32.6 Å². The summed E-state index contributed by atoms with van der Waals surface area (Å²) in [7, 11) is 0. The predicted octanol–water partition coefficient (Wildman–Crippen LogP) is 2.52. The molecule has 2 N–H and O–H groups in total. The van der Waals surface area contributed by atoms with Gasteiger partial charge in [-0.25, -0.2) is 0 Å². The Kier molecular flexibility index (Phi) is 9.71. The van der Waals surface area contributed by atoms with Gasteiger partial charge in [-0.3, -0.25) is 9.69 Å². The van der Waals surface area contributed by atoms with E-state index in [1.54, 1.807) is 0 Å². The summed E-state index contributed by atoms with van der Waals surface area (Å²) >= 11 is 0. The van der Waals surface area contributed by atoms with E-state index in [0.717, 1.165) is 57.9 Å². The van der Waals surface area contributed by atoms with Gasteiger partial charge in [0.05, 0.1) is 18.2 Å². The third-order valence-electron chi connectivity index (χ3n) is 5.82. The third-order valence-corrected chi connectivity index (χ3v) is 5.82. The van der Waals surface area contributed by atoms with Crippen LogP contribution in [0.1, 0.15) is 53.4 Å². The first kappa shape index (κ1) is 22.7. The smallest absolute Gasteiger partial charge is 0.239 e. The number of piperidine rings is 1. The normalized spacial score (nSPS) is 28.3. The van der Waals surface area contributed by atoms with Crippen LogP contribution in [0, 0.1) is 11.8 Å². The Bertz CT molecular complexity index is 392. The number of rotatable bonds is 6. The molecule has 0 bridgehead atoms. The molecule has 0 aliphatic carbocycles. The number of hydrogen-bond acceptors (Lipinski definition) is 4. The summed E-state index contributed by atoms with van der Waals surface area (Å²) in [5.74, 6) is 1.15. The Hall–Kier alpha value is -0.360. The second-order valence-electron chi connectivity index (χ2n) is 7.99. The quantitative estimate of drug-likeness (QED) is 0.774. The van der Waals surface area contributed by atoms with Crippen LogP contribution in [-0.2, 0) is 9.53 Å². The summed E-state index contributed by atoms with van der Waals surface area (Å²) in [6, 6.07) is -0.331. The van der Waals surface area contributed by atoms with Gasteiger partial charge in [0.1, 0.15) is 0 Å². The summed E-state index contributed by atoms with van der Waals surface area (Å²) in [5, 5.41) is 0. The molecule has 0 aromatic heterocycles. The van der Waals surface area contributed by atoms with Gasteiger partial charge in [0.25, 0.3) is 0 Å². The fourth-order valence-corrected chi connectivity index (χ4v) is 3.98. The largest absolute Gasteiger partial charge is 0.373 e. The van der Waals surface area contributed by atoms with Crippen LogP contribution in [0.3, 0.4) is 0 Å². The zero-order valence-corrected chi connectivity index (χ0v) is 17.3. The number of nitrogens with zero attached hydrogens (tertiary/aromatic N) is 2. The van der Waals surface area contributed by atoms with Gasteiger partial charge in [0.2, 0.25) is 5.91 Å². The average molecular weight is 376 g/mol. The number of nitrogens with two attached hydrogens (primary N) is 1. The Morgan fingerprint density at radius 3 is 2.28 bits per heavy atom. The molecule has 0 saturated carbocycles. The van der Waals surface area contributed by atoms with E-state index >= 15 is 0 Å². The molecule has 2 fully saturated rings. The van der Waals surface area contributed by atoms with Crippen LogP contribution in [0.25, 0.3) is 0 Å². The SMILES string of the molecule is CCC(C)C(N)C(=O)N1CCC(CCN2CC(C)OC(C)C2)CC1.Cl. The first-order chi connectivity index (χ1) is 11.4. The second kappa shape index (κ2) is 10.7. The van der Waals surface area contributed by atoms with E-state index in [1.165, 1.54) is 6.42 Å². The van der Waals surface area contributed by atoms with Gasteiger partial charge in [-0.1, -0.05) is 20.3 Å². The van der Waals surface area contributed by atoms with Crippen LogP contribution in [-0.4, -0.2) is 66.7 Å². The van der Waals surface area contributed by atoms with Crippen molar-refractivity contribution in [2.45, 2.75) is 71.6 Å². The van der Waals surface area contributed by atoms with Crippen molar-refractivity contribution in [3.63, 3.8) is 0 Å². The second-order valence-corrected chi connectivity index (χ2v) is 7.99. The number of carbonyl (C=O) groups excluding carboxylic acids is 1. The summed E-state index contributed by atoms with van der Waals surface area (Å²) in [6.45, 7) is 13.5. The number of hydrogen-bond donors (Lipinski definition) is 1. The van der Waals surface area contributed by atoms with E-state index in [4.69, 9.17) is 10.5 Å². The topological polar surface area (TPSA) is 58.8 Å². The molecule has 0 spiro atoms. The minimum Gasteiger partial charge on any atom is -0.373 e. The van der Waals surface area contributed by atoms with Crippen molar-refractivity contribution in [3.8, 4) is 0 Å². The van der Waals surface area contributed by atoms with Crippen LogP contribution in [0.4, 0.5) is 0 Å². The molecule has 6 heteroatoms. The molecule has 25 heavy (non-hydrogen) atoms. The Morgan fingerprint density at radius 1 is 1.20 bits per heavy atom. The standard InChI is InChI=1S/C19H37N3O2.ClH/c1-5-14(2)18(20)19(23)22-10-7-17(8-11-22)6-9-21-12-15(3)24-16(4)13-21;/h14-18H,5-13,20H2,1-4H3;1H. The number of halogens is 1. The van der Waals surface area contributed by atoms with Crippen LogP contribution in [0.2, 0.25) is 0 Å². The van der Waals surface area contributed by atoms with Gasteiger partial charge in [-0.2, -0.15) is 0 Å². The van der Waals surface area contributed by atoms with E-state index in [-0.39, 0.29) is 30.3 Å². The van der Waals surface area contributed by atoms with Crippen molar-refractivity contribution in [3.05, 3.63) is 0 Å². The summed E-state index contributed by atoms with van der Waals surface area (Å²) in [5.41, 5.74) is 6.11. The number of amides is 1. The van der Waals surface area contributed by atoms with Gasteiger partial charge < -0.3 is 15.4 Å². The van der Waals surface area contributed by atoms with Crippen LogP contribution >= 0.6 is 12.4 Å². The molecule has 2 saturated heterocycles. The summed E-state index contributed by atoms with van der Waals surface area (Å²) < 4.78 is 5.80. The van der Waals surface area contributed by atoms with Crippen molar-refractivity contribution < 1.29 is 9.53 Å². The maximum atomic E-state index is 12.5. The maximum absolute atomic E-state index is 12.5. The molecule has 4 unspecified atom stereocenters. The van der Waals surface area contributed by atoms with Crippen molar-refractivity contribution in [1.82, 2.24) is 9.80 Å². The lowest BCUT2D eigenvalue weighted by Crippen LogP contribution is -2.50. The highest BCUT2D eigenvalue weighted by molar-refractivity contribution is 5.85. The summed E-state index contributed by atoms with van der Waals surface area (Å²) in [6.07, 6.45) is 5.12. The minimum absolute atomic E-state index is 0. The van der Waals surface area contributed by atoms with E-state index < -0.39 is 0 Å². The molecular weight excluding hydrogens is 338 g/mol. The van der Waals surface area contributed by atoms with Crippen molar-refractivity contribution in [2.24, 2.45) is 17.6 Å². The Balaban J connectivity index is 0.00000312. The molecule has 148 valence electrons. The predicted molar refractivity (Wildman–Crippen MR) is 105 cm³/mol. The highest BCUT2D eigenvalue weighted by Crippen LogP contribution is 2.23. The number of morpholine rings is 1. The van der Waals surface area contributed by atoms with Crippen molar-refractivity contribution >= 4 is 18.3 Å². The highest BCUT2D eigenvalue weighted by Gasteiger charge is 2.29. The zero-order valence-electron chi connectivity index (χ0n) is 16.4. The zero-order chi connectivity index (χ0) is 17.7. The fraction of sp³-hybridized carbons (Fsp3) is 0.947. The van der Waals surface area contributed by atoms with Crippen LogP contribution < -0.4 is 5.73 Å². The van der Waals surface area contributed by atoms with Crippen molar-refractivity contribution in [1.29, 1.82) is 0 Å². The molecule has 2 aliphatic rings. The lowest BCUT2D eigenvalue weighted by molar-refractivity contribution is -0.135. The van der Waals surface area contributed by atoms with Gasteiger partial charge in [-0.05, 0) is 51.5 Å². The number of likely N-dealkylation sites (tertiary alicyclic amines) is 1. The fourth-order valence-electron chi connectivity index (χ4n) is 3.98. The first-order valence-corrected chi connectivity index (χ1v) is 9.82. The van der Waals surface area contributed by atoms with Crippen LogP contribution in [0.5, 0.6) is 0 Å². The average Bonchev–Trinajstić information content (AvgIpc) is 2.57. The van der Waals surface area contributed by atoms with E-state index in [0.29, 0.717) is 12.2 Å². The Morgan fingerprint density at radius 2 is 1.76 bits per heavy atom. The van der Waals surface area contributed by atoms with Gasteiger partial charge >= 0.3 is 0 Å². The van der Waals surface area contributed by atoms with E-state index in [9.17, 15) is 4.79 Å². The van der Waals surface area contributed by atoms with Gasteiger partial charge in [0.15, 0.2) is 0 Å². The molecule has 4 atom stereocenters. The molecule has 0 aromatic carbocycles. The Labute approximate surface area is 160 Å². The highest BCUT2D eigenvalue weighted by atomic mass is 35.5. The number of carbonyl (C=O) groups is 1. The molecule has 0 radical (unpaired) electrons. The first-order valence-electron chi connectivity index (χ1n) is 9.82. The van der Waals surface area contributed by atoms with Crippen molar-refractivity contribution in [2.75, 3.05) is 32.7 Å². The lowest BCUT2D eigenvalue weighted by atomic mass is 9.91. The molecule has 2 rings (SSSR count). The lowest BCUT2D eigenvalue weighted by Gasteiger charge is -2.38. The maximum Gasteiger partial charge on any atom is 0.239 e. The van der Waals surface area contributed by atoms with Gasteiger partial charge in [-0.15, -0.1) is 12.4 Å².